The fraction of sp³-hybridized carbons (Fsp3) is 0.130. The molecule has 2 heterocycles. The van der Waals surface area contributed by atoms with Crippen molar-refractivity contribution in [2.45, 2.75) is 6.04 Å². The molecule has 2 N–H and O–H groups in total. The molecular weight excluding hydrogens is 437 g/mol. The summed E-state index contributed by atoms with van der Waals surface area (Å²) in [5.41, 5.74) is 0.981. The van der Waals surface area contributed by atoms with Gasteiger partial charge in [-0.05, 0) is 52.1 Å². The van der Waals surface area contributed by atoms with E-state index in [9.17, 15) is 9.90 Å². The first-order chi connectivity index (χ1) is 15.0. The van der Waals surface area contributed by atoms with E-state index in [1.165, 1.54) is 23.7 Å². The van der Waals surface area contributed by atoms with Crippen LogP contribution in [0.2, 0.25) is 5.02 Å². The van der Waals surface area contributed by atoms with Gasteiger partial charge in [-0.1, -0.05) is 42.4 Å². The Kier molecular flexibility index (Phi) is 4.79. The third kappa shape index (κ3) is 3.30. The zero-order valence-corrected chi connectivity index (χ0v) is 17.8. The van der Waals surface area contributed by atoms with Gasteiger partial charge in [-0.2, -0.15) is 4.37 Å². The maximum atomic E-state index is 15.7. The minimum atomic E-state index is -0.516. The molecule has 3 aromatic carbocycles. The van der Waals surface area contributed by atoms with Crippen LogP contribution in [-0.2, 0) is 4.79 Å². The van der Waals surface area contributed by atoms with Gasteiger partial charge in [0, 0.05) is 24.0 Å². The largest absolute Gasteiger partial charge is 0.508 e. The monoisotopic (exact) mass is 453 g/mol. The normalized spacial score (nSPS) is 14.1. The zero-order chi connectivity index (χ0) is 21.7. The molecular formula is C23H17ClFN3O2S. The second-order valence-corrected chi connectivity index (χ2v) is 8.62. The number of fused-ring (bicyclic) bond motifs is 2. The molecule has 1 fully saturated rings. The van der Waals surface area contributed by atoms with Crippen LogP contribution < -0.4 is 10.2 Å². The molecule has 5 rings (SSSR count). The van der Waals surface area contributed by atoms with Crippen LogP contribution in [0.5, 0.6) is 5.75 Å². The van der Waals surface area contributed by atoms with E-state index in [0.717, 1.165) is 15.8 Å². The summed E-state index contributed by atoms with van der Waals surface area (Å²) in [6.45, 7) is 4.67. The number of nitrogens with zero attached hydrogens (tertiary/aromatic N) is 2. The van der Waals surface area contributed by atoms with Crippen molar-refractivity contribution < 1.29 is 14.3 Å². The predicted molar refractivity (Wildman–Crippen MR) is 124 cm³/mol. The molecule has 0 radical (unpaired) electrons. The van der Waals surface area contributed by atoms with Gasteiger partial charge in [0.05, 0.1) is 11.1 Å². The maximum Gasteiger partial charge on any atom is 0.243 e. The molecule has 31 heavy (non-hydrogen) atoms. The van der Waals surface area contributed by atoms with E-state index < -0.39 is 5.82 Å². The quantitative estimate of drug-likeness (QED) is 0.422. The first-order valence-corrected chi connectivity index (χ1v) is 10.8. The molecule has 0 saturated carbocycles. The summed E-state index contributed by atoms with van der Waals surface area (Å²) in [6, 6.07) is 12.3. The lowest BCUT2D eigenvalue weighted by Crippen LogP contribution is -2.59. The minimum Gasteiger partial charge on any atom is -0.508 e. The van der Waals surface area contributed by atoms with Gasteiger partial charge in [0.15, 0.2) is 5.82 Å². The maximum absolute atomic E-state index is 15.7. The summed E-state index contributed by atoms with van der Waals surface area (Å²) in [6.07, 6.45) is 1.24. The second kappa shape index (κ2) is 7.51. The summed E-state index contributed by atoms with van der Waals surface area (Å²) in [5.74, 6) is -0.690. The summed E-state index contributed by atoms with van der Waals surface area (Å²) in [7, 11) is 0. The number of aromatic hydroxyl groups is 1. The highest BCUT2D eigenvalue weighted by molar-refractivity contribution is 7.11. The number of nitrogens with one attached hydrogen (secondary N) is 1. The summed E-state index contributed by atoms with van der Waals surface area (Å²) in [4.78, 5) is 13.5. The number of amides is 1. The van der Waals surface area contributed by atoms with Crippen molar-refractivity contribution >= 4 is 55.7 Å². The first-order valence-electron chi connectivity index (χ1n) is 9.63. The van der Waals surface area contributed by atoms with E-state index in [4.69, 9.17) is 11.6 Å². The third-order valence-electron chi connectivity index (χ3n) is 5.46. The Morgan fingerprint density at radius 2 is 2.06 bits per heavy atom. The van der Waals surface area contributed by atoms with E-state index in [1.807, 2.05) is 29.2 Å². The van der Waals surface area contributed by atoms with Crippen LogP contribution in [-0.4, -0.2) is 34.5 Å². The Hall–Kier alpha value is -3.16. The Morgan fingerprint density at radius 3 is 2.84 bits per heavy atom. The van der Waals surface area contributed by atoms with Crippen LogP contribution in [0.15, 0.2) is 55.1 Å². The van der Waals surface area contributed by atoms with Crippen molar-refractivity contribution in [3.63, 3.8) is 0 Å². The van der Waals surface area contributed by atoms with Gasteiger partial charge >= 0.3 is 0 Å². The number of halogens is 2. The molecule has 0 aliphatic carbocycles. The van der Waals surface area contributed by atoms with Crippen molar-refractivity contribution in [2.24, 2.45) is 0 Å². The van der Waals surface area contributed by atoms with Gasteiger partial charge in [0.1, 0.15) is 16.3 Å². The number of carbonyl (C=O) groups excluding carboxylic acids is 1. The number of phenols is 1. The fourth-order valence-electron chi connectivity index (χ4n) is 3.97. The van der Waals surface area contributed by atoms with Gasteiger partial charge in [0.2, 0.25) is 5.91 Å². The average molecular weight is 454 g/mol. The zero-order valence-electron chi connectivity index (χ0n) is 16.2. The highest BCUT2D eigenvalue weighted by Crippen LogP contribution is 2.44. The van der Waals surface area contributed by atoms with Crippen molar-refractivity contribution in [1.82, 2.24) is 9.69 Å². The molecule has 1 amide bonds. The molecule has 1 aliphatic rings. The Labute approximate surface area is 186 Å². The van der Waals surface area contributed by atoms with Gasteiger partial charge in [-0.15, -0.1) is 0 Å². The van der Waals surface area contributed by atoms with E-state index in [2.05, 4.69) is 16.3 Å². The molecule has 0 spiro atoms. The molecule has 4 aromatic rings. The average Bonchev–Trinajstić information content (AvgIpc) is 3.13. The molecule has 0 atom stereocenters. The van der Waals surface area contributed by atoms with Crippen molar-refractivity contribution in [3.05, 3.63) is 66.0 Å². The molecule has 1 aliphatic heterocycles. The van der Waals surface area contributed by atoms with Crippen LogP contribution in [0.3, 0.4) is 0 Å². The van der Waals surface area contributed by atoms with Crippen LogP contribution in [0.4, 0.5) is 9.39 Å². The molecule has 5 nitrogen and oxygen atoms in total. The van der Waals surface area contributed by atoms with Crippen LogP contribution >= 0.6 is 23.1 Å². The van der Waals surface area contributed by atoms with E-state index in [-0.39, 0.29) is 33.8 Å². The predicted octanol–water partition coefficient (Wildman–Crippen LogP) is 5.11. The van der Waals surface area contributed by atoms with Crippen molar-refractivity contribution in [2.75, 3.05) is 18.0 Å². The van der Waals surface area contributed by atoms with Gasteiger partial charge in [-0.3, -0.25) is 4.79 Å². The van der Waals surface area contributed by atoms with Crippen LogP contribution in [0.1, 0.15) is 0 Å². The van der Waals surface area contributed by atoms with E-state index in [1.54, 1.807) is 12.1 Å². The summed E-state index contributed by atoms with van der Waals surface area (Å²) < 4.78 is 20.0. The van der Waals surface area contributed by atoms with Gasteiger partial charge in [0.25, 0.3) is 0 Å². The molecule has 156 valence electrons. The van der Waals surface area contributed by atoms with Crippen LogP contribution in [0, 0.1) is 5.82 Å². The lowest BCUT2D eigenvalue weighted by atomic mass is 9.96. The lowest BCUT2D eigenvalue weighted by Gasteiger charge is -2.40. The molecule has 0 bridgehead atoms. The SMILES string of the molecule is C=CC(=O)NC1CN(c2snc3c(F)c(-c4cc(O)cc5ccccc45)c(Cl)cc23)C1. The smallest absolute Gasteiger partial charge is 0.243 e. The Morgan fingerprint density at radius 1 is 1.29 bits per heavy atom. The molecule has 1 saturated heterocycles. The topological polar surface area (TPSA) is 65.5 Å². The number of carbonyl (C=O) groups is 1. The number of aromatic nitrogens is 1. The Balaban J connectivity index is 1.57. The van der Waals surface area contributed by atoms with Crippen molar-refractivity contribution in [3.8, 4) is 16.9 Å². The number of rotatable bonds is 4. The van der Waals surface area contributed by atoms with E-state index in [0.29, 0.717) is 24.0 Å². The van der Waals surface area contributed by atoms with Gasteiger partial charge < -0.3 is 15.3 Å². The Bertz CT molecular complexity index is 1360. The number of hydrogen-bond donors (Lipinski definition) is 2. The second-order valence-electron chi connectivity index (χ2n) is 7.46. The number of phenolic OH excluding ortho intramolecular Hbond substituents is 1. The molecule has 1 aromatic heterocycles. The molecule has 8 heteroatoms. The first kappa shape index (κ1) is 19.8. The van der Waals surface area contributed by atoms with E-state index >= 15 is 4.39 Å². The van der Waals surface area contributed by atoms with Gasteiger partial charge in [-0.25, -0.2) is 4.39 Å². The fourth-order valence-corrected chi connectivity index (χ4v) is 5.14. The standard InChI is InChI=1S/C23H17ClFN3O2S/c1-2-19(30)26-13-10-28(11-13)23-17-9-18(24)20(21(25)22(17)27-31-23)16-8-14(29)7-12-5-3-4-6-15(12)16/h2-9,13,29H,1,10-11H2,(H,26,30). The molecule has 0 unspecified atom stereocenters. The number of benzene rings is 3. The summed E-state index contributed by atoms with van der Waals surface area (Å²) >= 11 is 7.78. The highest BCUT2D eigenvalue weighted by atomic mass is 35.5. The third-order valence-corrected chi connectivity index (χ3v) is 6.69. The highest BCUT2D eigenvalue weighted by Gasteiger charge is 2.31. The number of hydrogen-bond acceptors (Lipinski definition) is 5. The number of anilines is 1. The minimum absolute atomic E-state index is 0.0147. The van der Waals surface area contributed by atoms with Crippen molar-refractivity contribution in [1.29, 1.82) is 0 Å². The summed E-state index contributed by atoms with van der Waals surface area (Å²) in [5, 5.41) is 16.3. The lowest BCUT2D eigenvalue weighted by molar-refractivity contribution is -0.117. The van der Waals surface area contributed by atoms with Crippen LogP contribution in [0.25, 0.3) is 32.8 Å².